The molecule has 6 rings (SSSR count). The van der Waals surface area contributed by atoms with E-state index in [9.17, 15) is 14.4 Å². The summed E-state index contributed by atoms with van der Waals surface area (Å²) in [4.78, 5) is 39.5. The Hall–Kier alpha value is -4.54. The van der Waals surface area contributed by atoms with Gasteiger partial charge in [-0.05, 0) is 110 Å². The fourth-order valence-electron chi connectivity index (χ4n) is 8.92. The molecule has 1 aromatic heterocycles. The molecule has 1 aliphatic heterocycles. The molecular weight excluding hydrogens is 705 g/mol. The summed E-state index contributed by atoms with van der Waals surface area (Å²) in [5.74, 6) is -0.0527. The van der Waals surface area contributed by atoms with Gasteiger partial charge in [-0.2, -0.15) is 0 Å². The molecule has 1 atom stereocenters. The third kappa shape index (κ3) is 10.9. The van der Waals surface area contributed by atoms with Crippen LogP contribution in [0.1, 0.15) is 159 Å². The van der Waals surface area contributed by atoms with E-state index in [1.807, 2.05) is 45.0 Å². The van der Waals surface area contributed by atoms with Crippen LogP contribution in [0.15, 0.2) is 48.5 Å². The fourth-order valence-corrected chi connectivity index (χ4v) is 8.92. The number of nitrogens with zero attached hydrogens (tertiary/aromatic N) is 1. The smallest absolute Gasteiger partial charge is 0.413 e. The lowest BCUT2D eigenvalue weighted by Gasteiger charge is -2.45. The Labute approximate surface area is 332 Å². The van der Waals surface area contributed by atoms with E-state index in [1.165, 1.54) is 56.2 Å². The number of para-hydroxylation sites is 1. The Kier molecular flexibility index (Phi) is 12.7. The molecule has 2 aromatic carbocycles. The largest absolute Gasteiger partial charge is 0.444 e. The molecule has 11 heteroatoms. The van der Waals surface area contributed by atoms with Gasteiger partial charge < -0.3 is 30.0 Å². The molecule has 2 fully saturated rings. The van der Waals surface area contributed by atoms with E-state index >= 15 is 0 Å². The molecule has 3 aliphatic rings. The molecule has 1 spiro atoms. The average molecular weight is 769 g/mol. The molecule has 0 radical (unpaired) electrons. The van der Waals surface area contributed by atoms with Crippen LogP contribution in [0, 0.1) is 5.41 Å². The van der Waals surface area contributed by atoms with E-state index in [2.05, 4.69) is 50.1 Å². The van der Waals surface area contributed by atoms with Gasteiger partial charge in [0.1, 0.15) is 22.7 Å². The molecule has 3 amide bonds. The van der Waals surface area contributed by atoms with Crippen molar-refractivity contribution in [1.82, 2.24) is 20.5 Å². The standard InChI is InChI=1S/C45H64N6O5/c1-43(2,3)55-41(53)48-34-22-20-33(21-23-34)47-40(52)38-26-30-18-19-31(39(46)49-42(54)56-44(4,5)6)27-37(30)51(38)29-32-28-45(50-36-17-13-12-16-35(32)36)24-14-10-8-7-9-11-15-25-45/h12-13,16-19,26-27,32-34,50H,7-11,14-15,20-25,28-29H2,1-6H3,(H,47,52)(H,48,53)(H2,46,49,54)/t32?,33-,34-. The number of anilines is 1. The monoisotopic (exact) mass is 768 g/mol. The number of alkyl carbamates (subject to hydrolysis) is 2. The quantitative estimate of drug-likeness (QED) is 0.125. The number of amides is 3. The first-order valence-electron chi connectivity index (χ1n) is 21.0. The Morgan fingerprint density at radius 2 is 1.38 bits per heavy atom. The molecule has 2 aliphatic carbocycles. The van der Waals surface area contributed by atoms with Gasteiger partial charge in [0.05, 0.1) is 0 Å². The predicted molar refractivity (Wildman–Crippen MR) is 223 cm³/mol. The van der Waals surface area contributed by atoms with Crippen molar-refractivity contribution >= 4 is 40.5 Å². The maximum absolute atomic E-state index is 14.4. The zero-order chi connectivity index (χ0) is 40.1. The Bertz CT molecular complexity index is 1870. The Morgan fingerprint density at radius 1 is 0.786 bits per heavy atom. The van der Waals surface area contributed by atoms with Gasteiger partial charge in [0.15, 0.2) is 0 Å². The number of benzene rings is 2. The Balaban J connectivity index is 1.29. The van der Waals surface area contributed by atoms with Gasteiger partial charge in [0.25, 0.3) is 5.91 Å². The molecule has 304 valence electrons. The van der Waals surface area contributed by atoms with Gasteiger partial charge in [-0.1, -0.05) is 75.3 Å². The van der Waals surface area contributed by atoms with Crippen molar-refractivity contribution in [2.75, 3.05) is 5.32 Å². The number of aromatic nitrogens is 1. The van der Waals surface area contributed by atoms with Crippen molar-refractivity contribution < 1.29 is 23.9 Å². The molecule has 0 bridgehead atoms. The molecule has 1 unspecified atom stereocenters. The minimum absolute atomic E-state index is 0.00161. The number of nitrogens with one attached hydrogen (secondary N) is 5. The number of hydrogen-bond acceptors (Lipinski definition) is 7. The molecule has 56 heavy (non-hydrogen) atoms. The predicted octanol–water partition coefficient (Wildman–Crippen LogP) is 9.92. The van der Waals surface area contributed by atoms with Crippen LogP contribution < -0.4 is 21.3 Å². The third-order valence-electron chi connectivity index (χ3n) is 11.5. The minimum atomic E-state index is -0.698. The number of fused-ring (bicyclic) bond motifs is 2. The van der Waals surface area contributed by atoms with Gasteiger partial charge >= 0.3 is 12.2 Å². The van der Waals surface area contributed by atoms with E-state index in [1.54, 1.807) is 20.8 Å². The number of amidine groups is 1. The first-order valence-corrected chi connectivity index (χ1v) is 21.0. The van der Waals surface area contributed by atoms with E-state index in [0.717, 1.165) is 55.8 Å². The molecule has 3 aromatic rings. The van der Waals surface area contributed by atoms with Gasteiger partial charge in [0.2, 0.25) is 0 Å². The third-order valence-corrected chi connectivity index (χ3v) is 11.5. The van der Waals surface area contributed by atoms with Crippen LogP contribution in [0.3, 0.4) is 0 Å². The maximum Gasteiger partial charge on any atom is 0.413 e. The van der Waals surface area contributed by atoms with Gasteiger partial charge in [-0.25, -0.2) is 9.59 Å². The zero-order valence-electron chi connectivity index (χ0n) is 34.4. The van der Waals surface area contributed by atoms with Crippen LogP contribution >= 0.6 is 0 Å². The van der Waals surface area contributed by atoms with E-state index in [-0.39, 0.29) is 35.3 Å². The highest BCUT2D eigenvalue weighted by atomic mass is 16.6. The Morgan fingerprint density at radius 3 is 2.02 bits per heavy atom. The van der Waals surface area contributed by atoms with Gasteiger partial charge in [-0.15, -0.1) is 0 Å². The summed E-state index contributed by atoms with van der Waals surface area (Å²) in [6.45, 7) is 11.5. The topological polar surface area (TPSA) is 147 Å². The summed E-state index contributed by atoms with van der Waals surface area (Å²) in [5.41, 5.74) is 3.11. The molecular formula is C45H64N6O5. The normalized spacial score (nSPS) is 21.6. The molecule has 5 N–H and O–H groups in total. The second-order valence-corrected chi connectivity index (χ2v) is 18.5. The summed E-state index contributed by atoms with van der Waals surface area (Å²) in [5, 5.41) is 22.7. The number of ether oxygens (including phenoxy) is 2. The van der Waals surface area contributed by atoms with Crippen LogP contribution in [0.2, 0.25) is 0 Å². The summed E-state index contributed by atoms with van der Waals surface area (Å²) < 4.78 is 13.0. The SMILES string of the molecule is CC(C)(C)OC(=O)NC(=N)c1ccc2cc(C(=O)N[C@H]3CC[C@H](NC(=O)OC(C)(C)C)CC3)n(CC3CC4(CCCCCCCCC4)Nc4ccccc43)c2c1. The lowest BCUT2D eigenvalue weighted by molar-refractivity contribution is 0.0486. The van der Waals surface area contributed by atoms with Crippen LogP contribution in [0.25, 0.3) is 10.9 Å². The number of hydrogen-bond donors (Lipinski definition) is 5. The van der Waals surface area contributed by atoms with E-state index < -0.39 is 23.4 Å². The zero-order valence-corrected chi connectivity index (χ0v) is 34.4. The van der Waals surface area contributed by atoms with E-state index in [4.69, 9.17) is 14.9 Å². The molecule has 0 saturated heterocycles. The first-order chi connectivity index (χ1) is 26.6. The van der Waals surface area contributed by atoms with Crippen LogP contribution in [-0.4, -0.2) is 57.3 Å². The number of carbonyl (C=O) groups excluding carboxylic acids is 3. The molecule has 2 saturated carbocycles. The lowest BCUT2D eigenvalue weighted by Crippen LogP contribution is -2.45. The molecule has 2 heterocycles. The minimum Gasteiger partial charge on any atom is -0.444 e. The van der Waals surface area contributed by atoms with E-state index in [0.29, 0.717) is 17.8 Å². The van der Waals surface area contributed by atoms with Crippen molar-refractivity contribution in [1.29, 1.82) is 5.41 Å². The van der Waals surface area contributed by atoms with Crippen molar-refractivity contribution in [2.45, 2.75) is 173 Å². The summed E-state index contributed by atoms with van der Waals surface area (Å²) in [6.07, 6.45) is 14.0. The highest BCUT2D eigenvalue weighted by Gasteiger charge is 2.39. The summed E-state index contributed by atoms with van der Waals surface area (Å²) in [6, 6.07) is 16.2. The lowest BCUT2D eigenvalue weighted by atomic mass is 9.73. The second kappa shape index (κ2) is 17.3. The van der Waals surface area contributed by atoms with Crippen molar-refractivity contribution in [3.63, 3.8) is 0 Å². The van der Waals surface area contributed by atoms with Crippen LogP contribution in [0.4, 0.5) is 15.3 Å². The fraction of sp³-hybridized carbons (Fsp3) is 0.600. The summed E-state index contributed by atoms with van der Waals surface area (Å²) >= 11 is 0. The van der Waals surface area contributed by atoms with Gasteiger partial charge in [-0.3, -0.25) is 15.5 Å². The van der Waals surface area contributed by atoms with Crippen molar-refractivity contribution in [2.24, 2.45) is 0 Å². The van der Waals surface area contributed by atoms with Crippen molar-refractivity contribution in [3.8, 4) is 0 Å². The number of rotatable bonds is 6. The maximum atomic E-state index is 14.4. The molecule has 11 nitrogen and oxygen atoms in total. The van der Waals surface area contributed by atoms with Crippen molar-refractivity contribution in [3.05, 3.63) is 65.4 Å². The average Bonchev–Trinajstić information content (AvgIpc) is 3.48. The second-order valence-electron chi connectivity index (χ2n) is 18.5. The number of carbonyl (C=O) groups is 3. The van der Waals surface area contributed by atoms with Crippen LogP contribution in [-0.2, 0) is 16.0 Å². The van der Waals surface area contributed by atoms with Gasteiger partial charge in [0, 0.05) is 52.2 Å². The summed E-state index contributed by atoms with van der Waals surface area (Å²) in [7, 11) is 0. The first kappa shape index (κ1) is 41.1. The van der Waals surface area contributed by atoms with Crippen LogP contribution in [0.5, 0.6) is 0 Å². The highest BCUT2D eigenvalue weighted by Crippen LogP contribution is 2.45. The highest BCUT2D eigenvalue weighted by molar-refractivity contribution is 6.07.